The Bertz CT molecular complexity index is 691. The smallest absolute Gasteiger partial charge is 0.384 e. The number of rotatable bonds is 8. The third kappa shape index (κ3) is 5.81. The summed E-state index contributed by atoms with van der Waals surface area (Å²) in [6.45, 7) is -1.60. The van der Waals surface area contributed by atoms with Crippen LogP contribution in [0.1, 0.15) is 17.3 Å². The molecule has 0 saturated heterocycles. The molecule has 0 fully saturated rings. The lowest BCUT2D eigenvalue weighted by Crippen LogP contribution is -2.32. The Kier molecular flexibility index (Phi) is 6.69. The number of aliphatic hydroxyl groups is 1. The summed E-state index contributed by atoms with van der Waals surface area (Å²) in [7, 11) is 0. The van der Waals surface area contributed by atoms with E-state index in [1.807, 2.05) is 0 Å². The first-order valence-electron chi connectivity index (χ1n) is 7.23. The minimum Gasteiger partial charge on any atom is -0.384 e. The normalized spacial score (nSPS) is 14.9. The molecule has 12 heteroatoms. The molecule has 26 heavy (non-hydrogen) atoms. The van der Waals surface area contributed by atoms with Gasteiger partial charge in [0.05, 0.1) is 12.3 Å². The third-order valence-corrected chi connectivity index (χ3v) is 3.13. The predicted octanol–water partition coefficient (Wildman–Crippen LogP) is 1.88. The minimum atomic E-state index is -4.40. The molecule has 0 amide bonds. The maximum atomic E-state index is 12.9. The van der Waals surface area contributed by atoms with Gasteiger partial charge in [-0.05, 0) is 22.1 Å². The molecule has 1 N–H and O–H groups in total. The second kappa shape index (κ2) is 8.76. The van der Waals surface area contributed by atoms with Crippen LogP contribution < -0.4 is 0 Å². The van der Waals surface area contributed by atoms with Crippen molar-refractivity contribution in [2.24, 2.45) is 0 Å². The average Bonchev–Trinajstić information content (AvgIpc) is 3.09. The van der Waals surface area contributed by atoms with Gasteiger partial charge in [0, 0.05) is 6.20 Å². The summed E-state index contributed by atoms with van der Waals surface area (Å²) in [5.74, 6) is 0. The topological polar surface area (TPSA) is 86.0 Å². The van der Waals surface area contributed by atoms with Crippen molar-refractivity contribution in [1.82, 2.24) is 25.2 Å². The number of hydrogen-bond acceptors (Lipinski definition) is 6. The molecule has 2 rings (SSSR count). The standard InChI is InChI=1S/C14H14F5N5O2/c15-13(16)12(25)11(24-8-21-22-23-24)10-4-3-9(6-20-10)2-1-5-26-7-14(17,18)19/h1-4,6,8,11-13,25H,5,7H2. The van der Waals surface area contributed by atoms with Crippen molar-refractivity contribution >= 4 is 6.08 Å². The van der Waals surface area contributed by atoms with Crippen molar-refractivity contribution in [2.75, 3.05) is 13.2 Å². The van der Waals surface area contributed by atoms with Crippen LogP contribution in [0, 0.1) is 0 Å². The number of ether oxygens (including phenoxy) is 1. The minimum absolute atomic E-state index is 0.0931. The van der Waals surface area contributed by atoms with E-state index >= 15 is 0 Å². The van der Waals surface area contributed by atoms with Crippen LogP contribution in [-0.4, -0.2) is 62.2 Å². The van der Waals surface area contributed by atoms with Gasteiger partial charge in [0.25, 0.3) is 6.43 Å². The maximum Gasteiger partial charge on any atom is 0.411 e. The number of hydrogen-bond donors (Lipinski definition) is 1. The quantitative estimate of drug-likeness (QED) is 0.557. The summed E-state index contributed by atoms with van der Waals surface area (Å²) < 4.78 is 66.9. The first-order valence-corrected chi connectivity index (χ1v) is 7.23. The SMILES string of the molecule is OC(C(F)F)C(c1ccc(C=CCOCC(F)(F)F)cn1)n1cnnn1. The van der Waals surface area contributed by atoms with Crippen molar-refractivity contribution < 1.29 is 31.8 Å². The van der Waals surface area contributed by atoms with Crippen LogP contribution in [-0.2, 0) is 4.74 Å². The van der Waals surface area contributed by atoms with E-state index in [4.69, 9.17) is 0 Å². The van der Waals surface area contributed by atoms with Gasteiger partial charge in [-0.1, -0.05) is 18.2 Å². The van der Waals surface area contributed by atoms with E-state index in [2.05, 4.69) is 25.2 Å². The van der Waals surface area contributed by atoms with Gasteiger partial charge in [-0.15, -0.1) is 5.10 Å². The lowest BCUT2D eigenvalue weighted by Gasteiger charge is -2.21. The monoisotopic (exact) mass is 379 g/mol. The van der Waals surface area contributed by atoms with Crippen LogP contribution in [0.25, 0.3) is 6.08 Å². The molecule has 0 radical (unpaired) electrons. The van der Waals surface area contributed by atoms with E-state index in [0.29, 0.717) is 5.56 Å². The number of aliphatic hydroxyl groups excluding tert-OH is 1. The molecular formula is C14H14F5N5O2. The summed E-state index contributed by atoms with van der Waals surface area (Å²) in [5.41, 5.74) is 0.599. The summed E-state index contributed by atoms with van der Waals surface area (Å²) in [5, 5.41) is 19.9. The summed E-state index contributed by atoms with van der Waals surface area (Å²) in [4.78, 5) is 3.99. The van der Waals surface area contributed by atoms with E-state index < -0.39 is 31.4 Å². The van der Waals surface area contributed by atoms with Gasteiger partial charge in [0.1, 0.15) is 25.1 Å². The average molecular weight is 379 g/mol. The van der Waals surface area contributed by atoms with Gasteiger partial charge in [-0.2, -0.15) is 13.2 Å². The van der Waals surface area contributed by atoms with Crippen LogP contribution in [0.3, 0.4) is 0 Å². The van der Waals surface area contributed by atoms with Crippen LogP contribution in [0.4, 0.5) is 22.0 Å². The first kappa shape index (κ1) is 19.8. The van der Waals surface area contributed by atoms with Crippen molar-refractivity contribution in [2.45, 2.75) is 24.7 Å². The Morgan fingerprint density at radius 3 is 2.58 bits per heavy atom. The highest BCUT2D eigenvalue weighted by Crippen LogP contribution is 2.23. The third-order valence-electron chi connectivity index (χ3n) is 3.13. The largest absolute Gasteiger partial charge is 0.411 e. The second-order valence-electron chi connectivity index (χ2n) is 5.11. The molecule has 2 heterocycles. The number of aromatic nitrogens is 5. The molecule has 142 valence electrons. The number of alkyl halides is 5. The van der Waals surface area contributed by atoms with Crippen molar-refractivity contribution in [3.8, 4) is 0 Å². The molecule has 0 aliphatic rings. The number of pyridine rings is 1. The van der Waals surface area contributed by atoms with Crippen molar-refractivity contribution in [3.63, 3.8) is 0 Å². The molecule has 0 saturated carbocycles. The molecule has 0 spiro atoms. The van der Waals surface area contributed by atoms with E-state index in [-0.39, 0.29) is 12.3 Å². The Hall–Kier alpha value is -2.47. The highest BCUT2D eigenvalue weighted by atomic mass is 19.4. The van der Waals surface area contributed by atoms with E-state index in [1.165, 1.54) is 30.5 Å². The Labute approximate surface area is 144 Å². The van der Waals surface area contributed by atoms with Gasteiger partial charge in [-0.3, -0.25) is 4.98 Å². The van der Waals surface area contributed by atoms with Crippen molar-refractivity contribution in [1.29, 1.82) is 0 Å². The van der Waals surface area contributed by atoms with Crippen molar-refractivity contribution in [3.05, 3.63) is 42.0 Å². The summed E-state index contributed by atoms with van der Waals surface area (Å²) in [6, 6.07) is 1.59. The first-order chi connectivity index (χ1) is 12.3. The fourth-order valence-electron chi connectivity index (χ4n) is 2.02. The molecule has 0 aliphatic heterocycles. The molecule has 0 aromatic carbocycles. The van der Waals surface area contributed by atoms with E-state index in [9.17, 15) is 27.1 Å². The molecular weight excluding hydrogens is 365 g/mol. The predicted molar refractivity (Wildman–Crippen MR) is 78.1 cm³/mol. The fraction of sp³-hybridized carbons (Fsp3) is 0.429. The maximum absolute atomic E-state index is 12.9. The number of tetrazole rings is 1. The van der Waals surface area contributed by atoms with Crippen LogP contribution in [0.5, 0.6) is 0 Å². The van der Waals surface area contributed by atoms with E-state index in [1.54, 1.807) is 0 Å². The van der Waals surface area contributed by atoms with Crippen LogP contribution >= 0.6 is 0 Å². The van der Waals surface area contributed by atoms with Gasteiger partial charge < -0.3 is 9.84 Å². The van der Waals surface area contributed by atoms with Gasteiger partial charge in [-0.25, -0.2) is 13.5 Å². The van der Waals surface area contributed by atoms with Crippen LogP contribution in [0.15, 0.2) is 30.7 Å². The molecule has 0 bridgehead atoms. The van der Waals surface area contributed by atoms with E-state index in [0.717, 1.165) is 11.0 Å². The highest BCUT2D eigenvalue weighted by Gasteiger charge is 2.32. The van der Waals surface area contributed by atoms with Crippen LogP contribution in [0.2, 0.25) is 0 Å². The molecule has 2 aromatic heterocycles. The fourth-order valence-corrected chi connectivity index (χ4v) is 2.02. The Morgan fingerprint density at radius 2 is 2.04 bits per heavy atom. The van der Waals surface area contributed by atoms with Gasteiger partial charge >= 0.3 is 6.18 Å². The molecule has 7 nitrogen and oxygen atoms in total. The molecule has 0 aliphatic carbocycles. The molecule has 2 aromatic rings. The number of nitrogens with zero attached hydrogens (tertiary/aromatic N) is 5. The molecule has 2 atom stereocenters. The Morgan fingerprint density at radius 1 is 1.27 bits per heavy atom. The zero-order chi connectivity index (χ0) is 19.2. The lowest BCUT2D eigenvalue weighted by atomic mass is 10.1. The zero-order valence-corrected chi connectivity index (χ0v) is 13.1. The highest BCUT2D eigenvalue weighted by molar-refractivity contribution is 5.48. The van der Waals surface area contributed by atoms with Gasteiger partial charge in [0.2, 0.25) is 0 Å². The number of halogens is 5. The second-order valence-corrected chi connectivity index (χ2v) is 5.11. The lowest BCUT2D eigenvalue weighted by molar-refractivity contribution is -0.171. The molecule has 2 unspecified atom stereocenters. The summed E-state index contributed by atoms with van der Waals surface area (Å²) >= 11 is 0. The Balaban J connectivity index is 2.04. The summed E-state index contributed by atoms with van der Waals surface area (Å²) in [6.07, 6.45) is -4.32. The zero-order valence-electron chi connectivity index (χ0n) is 13.1. The van der Waals surface area contributed by atoms with Gasteiger partial charge in [0.15, 0.2) is 0 Å².